The molecule has 0 atom stereocenters. The summed E-state index contributed by atoms with van der Waals surface area (Å²) in [4.78, 5) is 25.9. The van der Waals surface area contributed by atoms with Gasteiger partial charge in [0.25, 0.3) is 0 Å². The quantitative estimate of drug-likeness (QED) is 0.465. The number of nitrogens with zero attached hydrogens (tertiary/aromatic N) is 2. The molecule has 1 fully saturated rings. The van der Waals surface area contributed by atoms with Crippen LogP contribution in [0.2, 0.25) is 0 Å². The van der Waals surface area contributed by atoms with E-state index in [0.717, 1.165) is 0 Å². The van der Waals surface area contributed by atoms with Gasteiger partial charge >= 0.3 is 5.97 Å². The first-order chi connectivity index (χ1) is 16.8. The van der Waals surface area contributed by atoms with Crippen LogP contribution in [0.5, 0.6) is 11.5 Å². The first-order valence-electron chi connectivity index (χ1n) is 11.2. The summed E-state index contributed by atoms with van der Waals surface area (Å²) < 4.78 is 38.9. The zero-order valence-corrected chi connectivity index (χ0v) is 20.1. The maximum Gasteiger partial charge on any atom is 0.338 e. The van der Waals surface area contributed by atoms with Crippen molar-refractivity contribution in [2.45, 2.75) is 18.4 Å². The van der Waals surface area contributed by atoms with Crippen LogP contribution in [-0.4, -0.2) is 55.7 Å². The van der Waals surface area contributed by atoms with Crippen LogP contribution in [-0.2, 0) is 26.2 Å². The first kappa shape index (κ1) is 24.4. The van der Waals surface area contributed by atoms with E-state index in [1.807, 2.05) is 42.5 Å². The van der Waals surface area contributed by atoms with Crippen LogP contribution in [0, 0.1) is 0 Å². The Hall–Kier alpha value is -3.69. The lowest BCUT2D eigenvalue weighted by molar-refractivity contribution is -0.129. The van der Waals surface area contributed by atoms with Crippen molar-refractivity contribution in [2.75, 3.05) is 26.2 Å². The van der Waals surface area contributed by atoms with E-state index < -0.39 is 16.0 Å². The molecule has 35 heavy (non-hydrogen) atoms. The lowest BCUT2D eigenvalue weighted by atomic mass is 10.2. The van der Waals surface area contributed by atoms with Gasteiger partial charge in [-0.3, -0.25) is 4.79 Å². The minimum absolute atomic E-state index is 0.0102. The number of benzene rings is 3. The fraction of sp³-hybridized carbons (Fsp3) is 0.231. The topological polar surface area (TPSA) is 93.2 Å². The number of esters is 1. The largest absolute Gasteiger partial charge is 0.457 e. The summed E-state index contributed by atoms with van der Waals surface area (Å²) in [6.45, 7) is 2.50. The van der Waals surface area contributed by atoms with Crippen LogP contribution in [0.4, 0.5) is 0 Å². The number of amides is 1. The van der Waals surface area contributed by atoms with Crippen molar-refractivity contribution in [3.8, 4) is 11.5 Å². The Morgan fingerprint density at radius 2 is 1.54 bits per heavy atom. The lowest BCUT2D eigenvalue weighted by Crippen LogP contribution is -2.49. The molecule has 1 amide bonds. The summed E-state index contributed by atoms with van der Waals surface area (Å²) in [5.41, 5.74) is 0.812. The first-order valence-corrected chi connectivity index (χ1v) is 12.6. The van der Waals surface area contributed by atoms with Gasteiger partial charge in [-0.2, -0.15) is 4.31 Å². The summed E-state index contributed by atoms with van der Waals surface area (Å²) in [5, 5.41) is 0. The zero-order valence-electron chi connectivity index (χ0n) is 19.3. The van der Waals surface area contributed by atoms with E-state index in [1.165, 1.54) is 35.5 Å². The number of hydrogen-bond donors (Lipinski definition) is 0. The van der Waals surface area contributed by atoms with E-state index in [4.69, 9.17) is 9.47 Å². The second-order valence-electron chi connectivity index (χ2n) is 8.04. The van der Waals surface area contributed by atoms with Gasteiger partial charge in [-0.1, -0.05) is 42.5 Å². The molecule has 3 aromatic carbocycles. The zero-order chi connectivity index (χ0) is 24.8. The molecule has 1 aliphatic heterocycles. The van der Waals surface area contributed by atoms with Crippen molar-refractivity contribution in [3.05, 3.63) is 90.0 Å². The molecule has 0 bridgehead atoms. The molecule has 182 valence electrons. The van der Waals surface area contributed by atoms with Crippen LogP contribution in [0.1, 0.15) is 22.8 Å². The molecule has 1 saturated heterocycles. The third kappa shape index (κ3) is 5.87. The van der Waals surface area contributed by atoms with Gasteiger partial charge in [-0.25, -0.2) is 13.2 Å². The number of carbonyl (C=O) groups excluding carboxylic acids is 2. The summed E-state index contributed by atoms with van der Waals surface area (Å²) in [5.74, 6) is 0.501. The third-order valence-corrected chi connectivity index (χ3v) is 7.59. The number of carbonyl (C=O) groups is 2. The second kappa shape index (κ2) is 10.7. The van der Waals surface area contributed by atoms with Crippen molar-refractivity contribution in [3.63, 3.8) is 0 Å². The van der Waals surface area contributed by atoms with Gasteiger partial charge in [-0.15, -0.1) is 0 Å². The number of hydrogen-bond acceptors (Lipinski definition) is 6. The molecule has 8 nitrogen and oxygen atoms in total. The molecule has 0 aliphatic carbocycles. The second-order valence-corrected chi connectivity index (χ2v) is 9.97. The van der Waals surface area contributed by atoms with Crippen LogP contribution in [0.15, 0.2) is 83.8 Å². The number of piperazine rings is 1. The molecule has 0 radical (unpaired) electrons. The van der Waals surface area contributed by atoms with Crippen LogP contribution in [0.3, 0.4) is 0 Å². The SMILES string of the molecule is CC(=O)N1CCN(S(=O)(=O)c2cccc(C(=O)OCc3ccccc3Oc3ccccc3)c2)CC1. The molecule has 0 saturated carbocycles. The monoisotopic (exact) mass is 494 g/mol. The predicted molar refractivity (Wildman–Crippen MR) is 130 cm³/mol. The Labute approximate surface area is 204 Å². The van der Waals surface area contributed by atoms with Gasteiger partial charge in [0.05, 0.1) is 10.5 Å². The molecular formula is C26H26N2O6S. The maximum atomic E-state index is 13.1. The summed E-state index contributed by atoms with van der Waals surface area (Å²) >= 11 is 0. The van der Waals surface area contributed by atoms with Crippen molar-refractivity contribution < 1.29 is 27.5 Å². The summed E-state index contributed by atoms with van der Waals surface area (Å²) in [6, 6.07) is 22.3. The average molecular weight is 495 g/mol. The van der Waals surface area contributed by atoms with E-state index in [1.54, 1.807) is 17.0 Å². The normalized spacial score (nSPS) is 14.4. The van der Waals surface area contributed by atoms with E-state index in [-0.39, 0.29) is 36.1 Å². The highest BCUT2D eigenvalue weighted by atomic mass is 32.2. The molecule has 3 aromatic rings. The fourth-order valence-corrected chi connectivity index (χ4v) is 5.21. The highest BCUT2D eigenvalue weighted by molar-refractivity contribution is 7.89. The highest BCUT2D eigenvalue weighted by Crippen LogP contribution is 2.26. The van der Waals surface area contributed by atoms with Crippen LogP contribution in [0.25, 0.3) is 0 Å². The van der Waals surface area contributed by atoms with E-state index >= 15 is 0 Å². The summed E-state index contributed by atoms with van der Waals surface area (Å²) in [7, 11) is -3.81. The number of para-hydroxylation sites is 2. The average Bonchev–Trinajstić information content (AvgIpc) is 2.88. The Kier molecular flexibility index (Phi) is 7.48. The van der Waals surface area contributed by atoms with Gasteiger partial charge in [0.15, 0.2) is 0 Å². The van der Waals surface area contributed by atoms with E-state index in [0.29, 0.717) is 30.2 Å². The maximum absolute atomic E-state index is 13.1. The van der Waals surface area contributed by atoms with Gasteiger partial charge < -0.3 is 14.4 Å². The number of sulfonamides is 1. The van der Waals surface area contributed by atoms with Crippen molar-refractivity contribution in [2.24, 2.45) is 0 Å². The smallest absolute Gasteiger partial charge is 0.338 e. The molecule has 0 aromatic heterocycles. The van der Waals surface area contributed by atoms with Gasteiger partial charge in [0.2, 0.25) is 15.9 Å². The van der Waals surface area contributed by atoms with E-state index in [2.05, 4.69) is 0 Å². The molecule has 9 heteroatoms. The van der Waals surface area contributed by atoms with Crippen molar-refractivity contribution in [1.82, 2.24) is 9.21 Å². The van der Waals surface area contributed by atoms with Gasteiger partial charge in [0, 0.05) is 38.7 Å². The number of ether oxygens (including phenoxy) is 2. The molecule has 1 aliphatic rings. The van der Waals surface area contributed by atoms with Crippen molar-refractivity contribution >= 4 is 21.9 Å². The molecule has 4 rings (SSSR count). The molecule has 1 heterocycles. The van der Waals surface area contributed by atoms with Crippen LogP contribution < -0.4 is 4.74 Å². The molecule has 0 spiro atoms. The Morgan fingerprint density at radius 3 is 2.26 bits per heavy atom. The number of rotatable bonds is 7. The Bertz CT molecular complexity index is 1300. The third-order valence-electron chi connectivity index (χ3n) is 5.69. The van der Waals surface area contributed by atoms with E-state index in [9.17, 15) is 18.0 Å². The summed E-state index contributed by atoms with van der Waals surface area (Å²) in [6.07, 6.45) is 0. The van der Waals surface area contributed by atoms with Crippen molar-refractivity contribution in [1.29, 1.82) is 0 Å². The van der Waals surface area contributed by atoms with Crippen LogP contribution >= 0.6 is 0 Å². The predicted octanol–water partition coefficient (Wildman–Crippen LogP) is 3.69. The lowest BCUT2D eigenvalue weighted by Gasteiger charge is -2.33. The Morgan fingerprint density at radius 1 is 0.857 bits per heavy atom. The highest BCUT2D eigenvalue weighted by Gasteiger charge is 2.29. The molecular weight excluding hydrogens is 468 g/mol. The standard InChI is InChI=1S/C26H26N2O6S/c1-20(29)27-14-16-28(17-15-27)35(31,32)24-12-7-9-21(18-24)26(30)33-19-22-8-5-6-13-25(22)34-23-10-3-2-4-11-23/h2-13,18H,14-17,19H2,1H3. The van der Waals surface area contributed by atoms with Gasteiger partial charge in [0.1, 0.15) is 18.1 Å². The Balaban J connectivity index is 1.43. The van der Waals surface area contributed by atoms with Gasteiger partial charge in [-0.05, 0) is 36.4 Å². The molecule has 0 N–H and O–H groups in total. The minimum atomic E-state index is -3.81. The molecule has 0 unspecified atom stereocenters. The fourth-order valence-electron chi connectivity index (χ4n) is 3.74. The minimum Gasteiger partial charge on any atom is -0.457 e.